The van der Waals surface area contributed by atoms with Crippen LogP contribution in [0.1, 0.15) is 26.3 Å². The Morgan fingerprint density at radius 3 is 2.23 bits per heavy atom. The molecule has 1 aromatic rings. The Morgan fingerprint density at radius 2 is 1.73 bits per heavy atom. The largest absolute Gasteiger partial charge is 0.494 e. The third-order valence-electron chi connectivity index (χ3n) is 3.05. The van der Waals surface area contributed by atoms with Crippen LogP contribution in [0.15, 0.2) is 42.2 Å². The molecule has 140 valence electrons. The second-order valence-corrected chi connectivity index (χ2v) is 6.14. The monoisotopic (exact) mass is 379 g/mol. The van der Waals surface area contributed by atoms with E-state index in [2.05, 4.69) is 0 Å². The third-order valence-corrected chi connectivity index (χ3v) is 3.92. The van der Waals surface area contributed by atoms with E-state index in [1.54, 1.807) is 32.1 Å². The predicted octanol–water partition coefficient (Wildman–Crippen LogP) is 3.74. The van der Waals surface area contributed by atoms with E-state index in [1.165, 1.54) is 25.1 Å². The number of benzene rings is 1. The second kappa shape index (κ2) is 11.1. The van der Waals surface area contributed by atoms with Crippen molar-refractivity contribution >= 4 is 34.1 Å². The molecule has 0 saturated carbocycles. The van der Waals surface area contributed by atoms with Crippen LogP contribution in [0.25, 0.3) is 5.57 Å². The molecule has 0 saturated heterocycles. The molecule has 26 heavy (non-hydrogen) atoms. The molecular formula is C18H21NO6S. The number of esters is 1. The van der Waals surface area contributed by atoms with E-state index >= 15 is 0 Å². The first-order chi connectivity index (χ1) is 12.4. The number of non-ortho nitro benzene ring substituents is 1. The van der Waals surface area contributed by atoms with Gasteiger partial charge in [-0.3, -0.25) is 14.9 Å². The normalized spacial score (nSPS) is 11.8. The fourth-order valence-electron chi connectivity index (χ4n) is 1.95. The fourth-order valence-corrected chi connectivity index (χ4v) is 2.56. The average molecular weight is 379 g/mol. The van der Waals surface area contributed by atoms with Crippen molar-refractivity contribution in [1.82, 2.24) is 0 Å². The Labute approximate surface area is 156 Å². The van der Waals surface area contributed by atoms with E-state index < -0.39 is 10.9 Å². The average Bonchev–Trinajstić information content (AvgIpc) is 2.58. The first-order valence-corrected chi connectivity index (χ1v) is 8.95. The fraction of sp³-hybridized carbons (Fsp3) is 0.333. The van der Waals surface area contributed by atoms with Crippen LogP contribution in [0.4, 0.5) is 5.69 Å². The lowest BCUT2D eigenvalue weighted by Crippen LogP contribution is -2.03. The molecule has 8 heteroatoms. The van der Waals surface area contributed by atoms with Gasteiger partial charge in [-0.15, -0.1) is 0 Å². The van der Waals surface area contributed by atoms with Gasteiger partial charge in [-0.25, -0.2) is 4.79 Å². The minimum absolute atomic E-state index is 0.0283. The number of thioether (sulfide) groups is 1. The van der Waals surface area contributed by atoms with E-state index in [4.69, 9.17) is 9.47 Å². The van der Waals surface area contributed by atoms with Crippen molar-refractivity contribution in [3.05, 3.63) is 57.9 Å². The molecule has 0 radical (unpaired) electrons. The van der Waals surface area contributed by atoms with Crippen LogP contribution < -0.4 is 0 Å². The van der Waals surface area contributed by atoms with Gasteiger partial charge in [0.05, 0.1) is 24.2 Å². The topological polar surface area (TPSA) is 95.7 Å². The molecule has 0 N–H and O–H groups in total. The number of nitro groups is 1. The Bertz CT molecular complexity index is 709. The van der Waals surface area contributed by atoms with Gasteiger partial charge in [-0.1, -0.05) is 11.8 Å². The van der Waals surface area contributed by atoms with Crippen LogP contribution in [0.5, 0.6) is 0 Å². The van der Waals surface area contributed by atoms with E-state index in [1.807, 2.05) is 0 Å². The molecule has 0 aliphatic heterocycles. The van der Waals surface area contributed by atoms with Crippen LogP contribution in [-0.4, -0.2) is 35.0 Å². The van der Waals surface area contributed by atoms with Crippen LogP contribution >= 0.6 is 11.8 Å². The van der Waals surface area contributed by atoms with Crippen molar-refractivity contribution in [2.45, 2.75) is 20.8 Å². The van der Waals surface area contributed by atoms with Crippen LogP contribution in [-0.2, 0) is 19.1 Å². The van der Waals surface area contributed by atoms with Gasteiger partial charge in [0.2, 0.25) is 0 Å². The summed E-state index contributed by atoms with van der Waals surface area (Å²) in [5.74, 6) is 0.0957. The number of nitro benzene ring substituents is 1. The number of allylic oxidation sites excluding steroid dienone is 1. The summed E-state index contributed by atoms with van der Waals surface area (Å²) in [6.45, 7) is 5.52. The number of carbonyl (C=O) groups excluding carboxylic acids is 2. The van der Waals surface area contributed by atoms with E-state index in [-0.39, 0.29) is 17.4 Å². The molecule has 0 unspecified atom stereocenters. The molecule has 1 aromatic carbocycles. The molecule has 0 atom stereocenters. The van der Waals surface area contributed by atoms with E-state index in [0.717, 1.165) is 11.8 Å². The zero-order chi connectivity index (χ0) is 19.5. The molecule has 0 amide bonds. The molecule has 7 nitrogen and oxygen atoms in total. The van der Waals surface area contributed by atoms with Crippen molar-refractivity contribution in [2.75, 3.05) is 19.0 Å². The molecule has 1 rings (SSSR count). The molecule has 0 aliphatic carbocycles. The number of hydrogen-bond donors (Lipinski definition) is 0. The SMILES string of the molecule is CCOC(=O)/C=C(\C=C(/CSC(C)=O)c1ccc([N+](=O)[O-])cc1)OCC. The number of hydrogen-bond acceptors (Lipinski definition) is 7. The smallest absolute Gasteiger partial charge is 0.334 e. The van der Waals surface area contributed by atoms with Gasteiger partial charge < -0.3 is 9.47 Å². The molecule has 0 heterocycles. The summed E-state index contributed by atoms with van der Waals surface area (Å²) in [5, 5.41) is 10.7. The zero-order valence-electron chi connectivity index (χ0n) is 14.9. The predicted molar refractivity (Wildman–Crippen MR) is 101 cm³/mol. The lowest BCUT2D eigenvalue weighted by molar-refractivity contribution is -0.384. The highest BCUT2D eigenvalue weighted by Crippen LogP contribution is 2.24. The summed E-state index contributed by atoms with van der Waals surface area (Å²) >= 11 is 1.09. The Morgan fingerprint density at radius 1 is 1.12 bits per heavy atom. The first-order valence-electron chi connectivity index (χ1n) is 7.97. The Hall–Kier alpha value is -2.61. The summed E-state index contributed by atoms with van der Waals surface area (Å²) < 4.78 is 10.3. The van der Waals surface area contributed by atoms with E-state index in [9.17, 15) is 19.7 Å². The standard InChI is InChI=1S/C18H21NO6S/c1-4-24-17(11-18(21)25-5-2)10-15(12-26-13(3)20)14-6-8-16(9-7-14)19(22)23/h6-11H,4-5,12H2,1-3H3/b15-10+,17-11+. The zero-order valence-corrected chi connectivity index (χ0v) is 15.7. The van der Waals surface area contributed by atoms with Crippen LogP contribution in [0, 0.1) is 10.1 Å². The van der Waals surface area contributed by atoms with Gasteiger partial charge in [0.1, 0.15) is 5.76 Å². The molecule has 0 aliphatic rings. The number of nitrogens with zero attached hydrogens (tertiary/aromatic N) is 1. The summed E-state index contributed by atoms with van der Waals surface area (Å²) in [7, 11) is 0. The van der Waals surface area contributed by atoms with Crippen molar-refractivity contribution < 1.29 is 24.0 Å². The van der Waals surface area contributed by atoms with Crippen molar-refractivity contribution in [2.24, 2.45) is 0 Å². The number of carbonyl (C=O) groups is 2. The Kier molecular flexibility index (Phi) is 9.14. The number of rotatable bonds is 9. The minimum atomic E-state index is -0.533. The summed E-state index contributed by atoms with van der Waals surface area (Å²) in [6.07, 6.45) is 2.87. The minimum Gasteiger partial charge on any atom is -0.494 e. The maximum absolute atomic E-state index is 11.7. The highest BCUT2D eigenvalue weighted by molar-refractivity contribution is 8.13. The maximum atomic E-state index is 11.7. The number of ether oxygens (including phenoxy) is 2. The molecular weight excluding hydrogens is 358 g/mol. The Balaban J connectivity index is 3.23. The lowest BCUT2D eigenvalue weighted by Gasteiger charge is -2.10. The van der Waals surface area contributed by atoms with Crippen LogP contribution in [0.2, 0.25) is 0 Å². The second-order valence-electron chi connectivity index (χ2n) is 4.99. The molecule has 0 fully saturated rings. The summed E-state index contributed by atoms with van der Waals surface area (Å²) in [5.41, 5.74) is 1.36. The van der Waals surface area contributed by atoms with E-state index in [0.29, 0.717) is 29.3 Å². The summed E-state index contributed by atoms with van der Waals surface area (Å²) in [4.78, 5) is 33.3. The van der Waals surface area contributed by atoms with Gasteiger partial charge in [0.25, 0.3) is 5.69 Å². The molecule has 0 aromatic heterocycles. The molecule has 0 spiro atoms. The summed E-state index contributed by atoms with van der Waals surface area (Å²) in [6, 6.07) is 5.96. The lowest BCUT2D eigenvalue weighted by atomic mass is 10.1. The highest BCUT2D eigenvalue weighted by Gasteiger charge is 2.10. The first kappa shape index (κ1) is 21.4. The quantitative estimate of drug-likeness (QED) is 0.161. The van der Waals surface area contributed by atoms with Crippen molar-refractivity contribution in [3.8, 4) is 0 Å². The van der Waals surface area contributed by atoms with Gasteiger partial charge >= 0.3 is 5.97 Å². The van der Waals surface area contributed by atoms with Crippen LogP contribution in [0.3, 0.4) is 0 Å². The van der Waals surface area contributed by atoms with Gasteiger partial charge in [-0.2, -0.15) is 0 Å². The van der Waals surface area contributed by atoms with Gasteiger partial charge in [0, 0.05) is 24.8 Å². The van der Waals surface area contributed by atoms with Crippen molar-refractivity contribution in [1.29, 1.82) is 0 Å². The van der Waals surface area contributed by atoms with Gasteiger partial charge in [-0.05, 0) is 43.2 Å². The molecule has 0 bridgehead atoms. The van der Waals surface area contributed by atoms with Gasteiger partial charge in [0.15, 0.2) is 5.12 Å². The third kappa shape index (κ3) is 7.52. The maximum Gasteiger partial charge on any atom is 0.334 e. The highest BCUT2D eigenvalue weighted by atomic mass is 32.2. The van der Waals surface area contributed by atoms with Crippen molar-refractivity contribution in [3.63, 3.8) is 0 Å².